The molecular formula is C20H18ClNO2. The molecule has 0 saturated heterocycles. The highest BCUT2D eigenvalue weighted by Gasteiger charge is 2.11. The van der Waals surface area contributed by atoms with Crippen molar-refractivity contribution in [2.45, 2.75) is 13.0 Å². The summed E-state index contributed by atoms with van der Waals surface area (Å²) in [6, 6.07) is 17.5. The topological polar surface area (TPSA) is 42.4 Å². The molecule has 2 aromatic carbocycles. The molecule has 122 valence electrons. The van der Waals surface area contributed by atoms with E-state index in [1.54, 1.807) is 13.3 Å². The van der Waals surface area contributed by atoms with Gasteiger partial charge in [-0.1, -0.05) is 48.0 Å². The van der Waals surface area contributed by atoms with Gasteiger partial charge in [-0.3, -0.25) is 0 Å². The molecule has 0 atom stereocenters. The van der Waals surface area contributed by atoms with Crippen molar-refractivity contribution in [2.24, 2.45) is 0 Å². The summed E-state index contributed by atoms with van der Waals surface area (Å²) in [5, 5.41) is 10.2. The second-order valence-electron chi connectivity index (χ2n) is 5.51. The first-order valence-corrected chi connectivity index (χ1v) is 8.05. The number of aromatic nitrogens is 1. The monoisotopic (exact) mass is 339 g/mol. The molecule has 4 heteroatoms. The normalized spacial score (nSPS) is 10.6. The SMILES string of the molecule is COc1ncc(Cc2ccccc2CO)cc1-c1cccc(Cl)c1. The fourth-order valence-electron chi connectivity index (χ4n) is 2.72. The molecule has 24 heavy (non-hydrogen) atoms. The van der Waals surface area contributed by atoms with Gasteiger partial charge < -0.3 is 9.84 Å². The minimum atomic E-state index is 0.0287. The van der Waals surface area contributed by atoms with E-state index in [1.807, 2.05) is 48.5 Å². The number of ether oxygens (including phenoxy) is 1. The van der Waals surface area contributed by atoms with Crippen LogP contribution in [0.25, 0.3) is 11.1 Å². The van der Waals surface area contributed by atoms with Gasteiger partial charge in [0.1, 0.15) is 0 Å². The molecule has 0 aliphatic rings. The maximum Gasteiger partial charge on any atom is 0.221 e. The van der Waals surface area contributed by atoms with Crippen molar-refractivity contribution in [3.8, 4) is 17.0 Å². The summed E-state index contributed by atoms with van der Waals surface area (Å²) in [6.07, 6.45) is 2.50. The number of halogens is 1. The lowest BCUT2D eigenvalue weighted by Crippen LogP contribution is -1.98. The molecule has 0 saturated carbocycles. The molecule has 0 aliphatic heterocycles. The van der Waals surface area contributed by atoms with E-state index in [1.165, 1.54) is 0 Å². The molecule has 3 rings (SSSR count). The quantitative estimate of drug-likeness (QED) is 0.744. The molecule has 0 fully saturated rings. The number of hydrogen-bond donors (Lipinski definition) is 1. The molecule has 0 aliphatic carbocycles. The summed E-state index contributed by atoms with van der Waals surface area (Å²) >= 11 is 6.11. The number of benzene rings is 2. The van der Waals surface area contributed by atoms with Crippen molar-refractivity contribution in [3.63, 3.8) is 0 Å². The molecule has 0 spiro atoms. The zero-order chi connectivity index (χ0) is 16.9. The van der Waals surface area contributed by atoms with Crippen LogP contribution in [-0.2, 0) is 13.0 Å². The van der Waals surface area contributed by atoms with Gasteiger partial charge in [-0.05, 0) is 46.9 Å². The fraction of sp³-hybridized carbons (Fsp3) is 0.150. The summed E-state index contributed by atoms with van der Waals surface area (Å²) in [5.74, 6) is 0.566. The Morgan fingerprint density at radius 1 is 1.04 bits per heavy atom. The lowest BCUT2D eigenvalue weighted by Gasteiger charge is -2.12. The first-order valence-electron chi connectivity index (χ1n) is 7.67. The zero-order valence-corrected chi connectivity index (χ0v) is 14.1. The fourth-order valence-corrected chi connectivity index (χ4v) is 2.91. The molecule has 3 aromatic rings. The predicted octanol–water partition coefficient (Wildman–Crippen LogP) is 4.49. The van der Waals surface area contributed by atoms with Gasteiger partial charge in [0.15, 0.2) is 0 Å². The number of pyridine rings is 1. The van der Waals surface area contributed by atoms with E-state index in [2.05, 4.69) is 11.1 Å². The first kappa shape index (κ1) is 16.5. The molecule has 0 radical (unpaired) electrons. The summed E-state index contributed by atoms with van der Waals surface area (Å²) in [7, 11) is 1.61. The lowest BCUT2D eigenvalue weighted by molar-refractivity contribution is 0.281. The Labute approximate surface area is 146 Å². The van der Waals surface area contributed by atoms with Gasteiger partial charge in [-0.15, -0.1) is 0 Å². The van der Waals surface area contributed by atoms with E-state index in [0.717, 1.165) is 27.8 Å². The van der Waals surface area contributed by atoms with Crippen LogP contribution < -0.4 is 4.74 Å². The Hall–Kier alpha value is -2.36. The van der Waals surface area contributed by atoms with Crippen molar-refractivity contribution in [3.05, 3.63) is 82.5 Å². The van der Waals surface area contributed by atoms with Crippen molar-refractivity contribution < 1.29 is 9.84 Å². The summed E-state index contributed by atoms with van der Waals surface area (Å²) in [6.45, 7) is 0.0287. The lowest BCUT2D eigenvalue weighted by atomic mass is 9.98. The maximum atomic E-state index is 9.49. The molecule has 0 unspecified atom stereocenters. The Morgan fingerprint density at radius 3 is 2.54 bits per heavy atom. The third-order valence-corrected chi connectivity index (χ3v) is 4.16. The molecular weight excluding hydrogens is 322 g/mol. The van der Waals surface area contributed by atoms with E-state index >= 15 is 0 Å². The smallest absolute Gasteiger partial charge is 0.221 e. The number of aliphatic hydroxyl groups is 1. The van der Waals surface area contributed by atoms with Crippen LogP contribution in [0.3, 0.4) is 0 Å². The van der Waals surface area contributed by atoms with Crippen molar-refractivity contribution >= 4 is 11.6 Å². The number of rotatable bonds is 5. The Kier molecular flexibility index (Phi) is 5.14. The third-order valence-electron chi connectivity index (χ3n) is 3.92. The van der Waals surface area contributed by atoms with Gasteiger partial charge in [0.25, 0.3) is 0 Å². The van der Waals surface area contributed by atoms with Crippen LogP contribution in [0, 0.1) is 0 Å². The van der Waals surface area contributed by atoms with Crippen LogP contribution in [0.2, 0.25) is 5.02 Å². The predicted molar refractivity (Wildman–Crippen MR) is 96.4 cm³/mol. The van der Waals surface area contributed by atoms with E-state index in [9.17, 15) is 5.11 Å². The zero-order valence-electron chi connectivity index (χ0n) is 13.4. The van der Waals surface area contributed by atoms with Crippen LogP contribution >= 0.6 is 11.6 Å². The van der Waals surface area contributed by atoms with Crippen LogP contribution in [0.1, 0.15) is 16.7 Å². The molecule has 1 heterocycles. The number of nitrogens with zero attached hydrogens (tertiary/aromatic N) is 1. The van der Waals surface area contributed by atoms with Gasteiger partial charge in [0.2, 0.25) is 5.88 Å². The molecule has 1 N–H and O–H groups in total. The van der Waals surface area contributed by atoms with Crippen LogP contribution in [0.4, 0.5) is 0 Å². The van der Waals surface area contributed by atoms with Crippen LogP contribution in [-0.4, -0.2) is 17.2 Å². The summed E-state index contributed by atoms with van der Waals surface area (Å²) in [4.78, 5) is 4.43. The Bertz CT molecular complexity index is 849. The standard InChI is InChI=1S/C20H18ClNO2/c1-24-20-19(16-7-4-8-18(21)11-16)10-14(12-22-20)9-15-5-2-3-6-17(15)13-23/h2-8,10-12,23H,9,13H2,1H3. The molecule has 0 amide bonds. The van der Waals surface area contributed by atoms with E-state index < -0.39 is 0 Å². The van der Waals surface area contributed by atoms with Crippen LogP contribution in [0.5, 0.6) is 5.88 Å². The molecule has 1 aromatic heterocycles. The summed E-state index contributed by atoms with van der Waals surface area (Å²) < 4.78 is 5.40. The highest BCUT2D eigenvalue weighted by atomic mass is 35.5. The average molecular weight is 340 g/mol. The van der Waals surface area contributed by atoms with Gasteiger partial charge >= 0.3 is 0 Å². The minimum absolute atomic E-state index is 0.0287. The van der Waals surface area contributed by atoms with Crippen molar-refractivity contribution in [2.75, 3.05) is 7.11 Å². The van der Waals surface area contributed by atoms with E-state index in [0.29, 0.717) is 17.3 Å². The molecule has 3 nitrogen and oxygen atoms in total. The van der Waals surface area contributed by atoms with Gasteiger partial charge in [-0.25, -0.2) is 4.98 Å². The van der Waals surface area contributed by atoms with Gasteiger partial charge in [0.05, 0.1) is 13.7 Å². The van der Waals surface area contributed by atoms with Crippen LogP contribution in [0.15, 0.2) is 60.8 Å². The number of hydrogen-bond acceptors (Lipinski definition) is 3. The molecule has 0 bridgehead atoms. The summed E-state index contributed by atoms with van der Waals surface area (Å²) in [5.41, 5.74) is 4.93. The van der Waals surface area contributed by atoms with Gasteiger partial charge in [-0.2, -0.15) is 0 Å². The van der Waals surface area contributed by atoms with Crippen molar-refractivity contribution in [1.82, 2.24) is 4.98 Å². The number of aliphatic hydroxyl groups excluding tert-OH is 1. The second-order valence-corrected chi connectivity index (χ2v) is 5.95. The van der Waals surface area contributed by atoms with Crippen molar-refractivity contribution in [1.29, 1.82) is 0 Å². The minimum Gasteiger partial charge on any atom is -0.481 e. The van der Waals surface area contributed by atoms with E-state index in [4.69, 9.17) is 16.3 Å². The van der Waals surface area contributed by atoms with Gasteiger partial charge in [0, 0.05) is 16.8 Å². The second kappa shape index (κ2) is 7.47. The van der Waals surface area contributed by atoms with E-state index in [-0.39, 0.29) is 6.61 Å². The largest absolute Gasteiger partial charge is 0.481 e. The third kappa shape index (κ3) is 3.58. The number of methoxy groups -OCH3 is 1. The Balaban J connectivity index is 2.00. The highest BCUT2D eigenvalue weighted by Crippen LogP contribution is 2.31. The highest BCUT2D eigenvalue weighted by molar-refractivity contribution is 6.30. The average Bonchev–Trinajstić information content (AvgIpc) is 2.62. The first-order chi connectivity index (χ1) is 11.7. The Morgan fingerprint density at radius 2 is 1.83 bits per heavy atom. The maximum absolute atomic E-state index is 9.49.